The van der Waals surface area contributed by atoms with Crippen molar-refractivity contribution in [3.63, 3.8) is 0 Å². The van der Waals surface area contributed by atoms with E-state index in [1.54, 1.807) is 0 Å². The van der Waals surface area contributed by atoms with E-state index in [1.807, 2.05) is 12.1 Å². The van der Waals surface area contributed by atoms with Gasteiger partial charge in [0.2, 0.25) is 5.69 Å². The SMILES string of the molecule is Cc1cc2c(cc1-c1cccc[n+]1C)Oc1ccccc1C2(C)C. The van der Waals surface area contributed by atoms with Gasteiger partial charge < -0.3 is 4.74 Å². The Bertz CT molecular complexity index is 940. The van der Waals surface area contributed by atoms with Crippen molar-refractivity contribution in [2.45, 2.75) is 26.2 Å². The van der Waals surface area contributed by atoms with Crippen LogP contribution in [0.25, 0.3) is 11.3 Å². The van der Waals surface area contributed by atoms with E-state index in [-0.39, 0.29) is 5.41 Å². The van der Waals surface area contributed by atoms with Gasteiger partial charge in [0.05, 0.1) is 5.56 Å². The molecule has 0 unspecified atom stereocenters. The summed E-state index contributed by atoms with van der Waals surface area (Å²) >= 11 is 0. The van der Waals surface area contributed by atoms with Crippen molar-refractivity contribution in [2.24, 2.45) is 7.05 Å². The van der Waals surface area contributed by atoms with Crippen LogP contribution in [0.2, 0.25) is 0 Å². The Labute approximate surface area is 143 Å². The Hall–Kier alpha value is -2.61. The van der Waals surface area contributed by atoms with Crippen molar-refractivity contribution in [1.82, 2.24) is 0 Å². The highest BCUT2D eigenvalue weighted by atomic mass is 16.5. The second-order valence-electron chi connectivity index (χ2n) is 7.08. The molecule has 0 amide bonds. The fraction of sp³-hybridized carbons (Fsp3) is 0.227. The summed E-state index contributed by atoms with van der Waals surface area (Å²) in [6.07, 6.45) is 2.08. The van der Waals surface area contributed by atoms with Crippen LogP contribution in [0.3, 0.4) is 0 Å². The van der Waals surface area contributed by atoms with Crippen LogP contribution in [0.15, 0.2) is 60.8 Å². The average Bonchev–Trinajstić information content (AvgIpc) is 2.56. The maximum atomic E-state index is 6.26. The lowest BCUT2D eigenvalue weighted by atomic mass is 9.75. The summed E-state index contributed by atoms with van der Waals surface area (Å²) in [5.41, 5.74) is 6.11. The Kier molecular flexibility index (Phi) is 3.24. The highest BCUT2D eigenvalue weighted by Gasteiger charge is 2.35. The Morgan fingerprint density at radius 3 is 2.42 bits per heavy atom. The van der Waals surface area contributed by atoms with Crippen molar-refractivity contribution in [1.29, 1.82) is 0 Å². The van der Waals surface area contributed by atoms with E-state index >= 15 is 0 Å². The standard InChI is InChI=1S/C22H22NO/c1-15-13-18-21(14-16(15)19-10-7-8-12-23(19)4)24-20-11-6-5-9-17(20)22(18,2)3/h5-14H,1-4H3/q+1. The lowest BCUT2D eigenvalue weighted by Crippen LogP contribution is -2.30. The molecule has 0 aliphatic carbocycles. The van der Waals surface area contributed by atoms with Gasteiger partial charge in [-0.3, -0.25) is 0 Å². The molecule has 2 heterocycles. The van der Waals surface area contributed by atoms with Crippen LogP contribution in [-0.2, 0) is 12.5 Å². The molecule has 0 saturated heterocycles. The van der Waals surface area contributed by atoms with Gasteiger partial charge in [0.15, 0.2) is 6.20 Å². The van der Waals surface area contributed by atoms with Gasteiger partial charge in [0, 0.05) is 28.7 Å². The van der Waals surface area contributed by atoms with Crippen molar-refractivity contribution in [3.05, 3.63) is 77.5 Å². The smallest absolute Gasteiger partial charge is 0.212 e. The minimum atomic E-state index is -0.0632. The molecular weight excluding hydrogens is 294 g/mol. The van der Waals surface area contributed by atoms with Crippen LogP contribution in [-0.4, -0.2) is 0 Å². The van der Waals surface area contributed by atoms with Crippen LogP contribution in [0.5, 0.6) is 11.5 Å². The summed E-state index contributed by atoms with van der Waals surface area (Å²) in [6, 6.07) is 19.1. The predicted octanol–water partition coefficient (Wildman–Crippen LogP) is 4.92. The lowest BCUT2D eigenvalue weighted by molar-refractivity contribution is -0.660. The van der Waals surface area contributed by atoms with Crippen LogP contribution >= 0.6 is 0 Å². The van der Waals surface area contributed by atoms with Crippen LogP contribution in [0, 0.1) is 6.92 Å². The number of pyridine rings is 1. The van der Waals surface area contributed by atoms with Gasteiger partial charge in [-0.25, -0.2) is 4.57 Å². The second-order valence-corrected chi connectivity index (χ2v) is 7.08. The minimum absolute atomic E-state index is 0.0632. The van der Waals surface area contributed by atoms with Gasteiger partial charge >= 0.3 is 0 Å². The van der Waals surface area contributed by atoms with Crippen LogP contribution in [0.1, 0.15) is 30.5 Å². The summed E-state index contributed by atoms with van der Waals surface area (Å²) in [7, 11) is 2.08. The molecule has 0 radical (unpaired) electrons. The van der Waals surface area contributed by atoms with Crippen molar-refractivity contribution in [3.8, 4) is 22.8 Å². The number of benzene rings is 2. The van der Waals surface area contributed by atoms with Gasteiger partial charge in [-0.1, -0.05) is 38.1 Å². The van der Waals surface area contributed by atoms with E-state index in [0.29, 0.717) is 0 Å². The first-order valence-corrected chi connectivity index (χ1v) is 8.36. The third-order valence-corrected chi connectivity index (χ3v) is 5.11. The van der Waals surface area contributed by atoms with Gasteiger partial charge in [0.1, 0.15) is 18.5 Å². The van der Waals surface area contributed by atoms with E-state index in [1.165, 1.54) is 27.9 Å². The monoisotopic (exact) mass is 316 g/mol. The first-order valence-electron chi connectivity index (χ1n) is 8.36. The predicted molar refractivity (Wildman–Crippen MR) is 96.4 cm³/mol. The van der Waals surface area contributed by atoms with Gasteiger partial charge in [-0.15, -0.1) is 0 Å². The number of hydrogen-bond acceptors (Lipinski definition) is 1. The van der Waals surface area contributed by atoms with Gasteiger partial charge in [0.25, 0.3) is 0 Å². The Morgan fingerprint density at radius 2 is 1.62 bits per heavy atom. The number of para-hydroxylation sites is 1. The number of aromatic nitrogens is 1. The molecule has 4 rings (SSSR count). The quantitative estimate of drug-likeness (QED) is 0.581. The van der Waals surface area contributed by atoms with Crippen molar-refractivity contribution in [2.75, 3.05) is 0 Å². The molecule has 1 aliphatic heterocycles. The molecular formula is C22H22NO+. The Morgan fingerprint density at radius 1 is 0.875 bits per heavy atom. The first kappa shape index (κ1) is 14.9. The third-order valence-electron chi connectivity index (χ3n) is 5.11. The summed E-state index contributed by atoms with van der Waals surface area (Å²) in [5.74, 6) is 1.92. The largest absolute Gasteiger partial charge is 0.457 e. The van der Waals surface area contributed by atoms with E-state index in [4.69, 9.17) is 4.74 Å². The molecule has 2 aromatic carbocycles. The summed E-state index contributed by atoms with van der Waals surface area (Å²) in [6.45, 7) is 6.73. The van der Waals surface area contributed by atoms with E-state index < -0.39 is 0 Å². The molecule has 24 heavy (non-hydrogen) atoms. The minimum Gasteiger partial charge on any atom is -0.457 e. The van der Waals surface area contributed by atoms with E-state index in [2.05, 4.69) is 81.0 Å². The third kappa shape index (κ3) is 2.14. The number of fused-ring (bicyclic) bond motifs is 2. The molecule has 0 N–H and O–H groups in total. The van der Waals surface area contributed by atoms with Gasteiger partial charge in [-0.05, 0) is 30.7 Å². The molecule has 120 valence electrons. The average molecular weight is 316 g/mol. The second kappa shape index (κ2) is 5.20. The Balaban J connectivity index is 1.93. The summed E-state index contributed by atoms with van der Waals surface area (Å²) < 4.78 is 8.41. The number of nitrogens with zero attached hydrogens (tertiary/aromatic N) is 1. The zero-order chi connectivity index (χ0) is 16.9. The van der Waals surface area contributed by atoms with Crippen LogP contribution < -0.4 is 9.30 Å². The normalized spacial score (nSPS) is 14.5. The zero-order valence-corrected chi connectivity index (χ0v) is 14.6. The molecule has 2 heteroatoms. The summed E-state index contributed by atoms with van der Waals surface area (Å²) in [4.78, 5) is 0. The number of rotatable bonds is 1. The van der Waals surface area contributed by atoms with Crippen molar-refractivity contribution < 1.29 is 9.30 Å². The highest BCUT2D eigenvalue weighted by molar-refractivity contribution is 5.68. The number of ether oxygens (including phenoxy) is 1. The lowest BCUT2D eigenvalue weighted by Gasteiger charge is -2.35. The maximum absolute atomic E-state index is 6.26. The number of hydrogen-bond donors (Lipinski definition) is 0. The molecule has 0 atom stereocenters. The van der Waals surface area contributed by atoms with E-state index in [9.17, 15) is 0 Å². The van der Waals surface area contributed by atoms with Gasteiger partial charge in [-0.2, -0.15) is 0 Å². The first-order chi connectivity index (χ1) is 11.5. The molecule has 0 fully saturated rings. The topological polar surface area (TPSA) is 13.1 Å². The van der Waals surface area contributed by atoms with Crippen LogP contribution in [0.4, 0.5) is 0 Å². The molecule has 1 aromatic heterocycles. The molecule has 0 spiro atoms. The van der Waals surface area contributed by atoms with E-state index in [0.717, 1.165) is 11.5 Å². The molecule has 1 aliphatic rings. The molecule has 2 nitrogen and oxygen atoms in total. The molecule has 0 bridgehead atoms. The highest BCUT2D eigenvalue weighted by Crippen LogP contribution is 2.49. The molecule has 0 saturated carbocycles. The molecule has 3 aromatic rings. The van der Waals surface area contributed by atoms with Crippen molar-refractivity contribution >= 4 is 0 Å². The summed E-state index contributed by atoms with van der Waals surface area (Å²) in [5, 5.41) is 0. The zero-order valence-electron chi connectivity index (χ0n) is 14.6. The fourth-order valence-corrected chi connectivity index (χ4v) is 3.68. The fourth-order valence-electron chi connectivity index (χ4n) is 3.68. The maximum Gasteiger partial charge on any atom is 0.212 e. The number of aryl methyl sites for hydroxylation is 2.